The number of nitrogens with zero attached hydrogens (tertiary/aromatic N) is 1. The van der Waals surface area contributed by atoms with Gasteiger partial charge in [0.1, 0.15) is 11.6 Å². The normalized spacial score (nSPS) is 15.1. The number of amides is 1. The van der Waals surface area contributed by atoms with Crippen LogP contribution in [-0.4, -0.2) is 23.9 Å². The Morgan fingerprint density at radius 3 is 2.48 bits per heavy atom. The Kier molecular flexibility index (Phi) is 5.76. The van der Waals surface area contributed by atoms with Crippen molar-refractivity contribution in [2.24, 2.45) is 0 Å². The van der Waals surface area contributed by atoms with Crippen molar-refractivity contribution in [3.63, 3.8) is 0 Å². The lowest BCUT2D eigenvalue weighted by molar-refractivity contribution is 0.0946. The minimum Gasteiger partial charge on any atom is -0.348 e. The maximum absolute atomic E-state index is 13.7. The molecule has 1 aliphatic rings. The molecule has 1 fully saturated rings. The highest BCUT2D eigenvalue weighted by Crippen LogP contribution is 2.16. The zero-order valence-electron chi connectivity index (χ0n) is 14.1. The van der Waals surface area contributed by atoms with Gasteiger partial charge in [-0.1, -0.05) is 30.7 Å². The lowest BCUT2D eigenvalue weighted by Crippen LogP contribution is -2.30. The van der Waals surface area contributed by atoms with Gasteiger partial charge in [0, 0.05) is 13.1 Å². The van der Waals surface area contributed by atoms with Gasteiger partial charge in [0.2, 0.25) is 0 Å². The van der Waals surface area contributed by atoms with E-state index in [0.717, 1.165) is 49.0 Å². The molecular formula is C20H22F2N2O. The van der Waals surface area contributed by atoms with Gasteiger partial charge in [-0.05, 0) is 55.3 Å². The first kappa shape index (κ1) is 17.5. The Morgan fingerprint density at radius 1 is 1.00 bits per heavy atom. The molecule has 25 heavy (non-hydrogen) atoms. The Labute approximate surface area is 146 Å². The Bertz CT molecular complexity index is 742. The molecule has 3 rings (SSSR count). The second-order valence-electron chi connectivity index (χ2n) is 6.41. The summed E-state index contributed by atoms with van der Waals surface area (Å²) in [4.78, 5) is 14.6. The number of likely N-dealkylation sites (tertiary alicyclic amines) is 1. The van der Waals surface area contributed by atoms with Crippen molar-refractivity contribution in [2.75, 3.05) is 13.1 Å². The smallest absolute Gasteiger partial charge is 0.254 e. The van der Waals surface area contributed by atoms with E-state index in [1.54, 1.807) is 0 Å². The number of rotatable bonds is 5. The molecule has 0 unspecified atom stereocenters. The summed E-state index contributed by atoms with van der Waals surface area (Å²) in [6, 6.07) is 10.8. The molecular weight excluding hydrogens is 322 g/mol. The van der Waals surface area contributed by atoms with Crippen molar-refractivity contribution >= 4 is 5.91 Å². The van der Waals surface area contributed by atoms with Gasteiger partial charge in [-0.15, -0.1) is 0 Å². The highest BCUT2D eigenvalue weighted by Gasteiger charge is 2.15. The van der Waals surface area contributed by atoms with Crippen molar-refractivity contribution in [3.8, 4) is 0 Å². The molecule has 1 N–H and O–H groups in total. The summed E-state index contributed by atoms with van der Waals surface area (Å²) >= 11 is 0. The fourth-order valence-corrected chi connectivity index (χ4v) is 3.18. The standard InChI is InChI=1S/C20H22F2N2O/c21-17-8-9-19(22)18(12-17)20(25)23-13-15-6-2-3-7-16(15)14-24-10-4-1-5-11-24/h2-3,6-9,12H,1,4-5,10-11,13-14H2,(H,23,25). The first-order valence-electron chi connectivity index (χ1n) is 8.66. The van der Waals surface area contributed by atoms with E-state index in [9.17, 15) is 13.6 Å². The van der Waals surface area contributed by atoms with E-state index in [1.165, 1.54) is 19.3 Å². The molecule has 1 amide bonds. The van der Waals surface area contributed by atoms with Gasteiger partial charge in [0.15, 0.2) is 0 Å². The molecule has 0 bridgehead atoms. The zero-order valence-corrected chi connectivity index (χ0v) is 14.1. The van der Waals surface area contributed by atoms with Crippen LogP contribution < -0.4 is 5.32 Å². The number of hydrogen-bond acceptors (Lipinski definition) is 2. The van der Waals surface area contributed by atoms with E-state index in [2.05, 4.69) is 16.3 Å². The quantitative estimate of drug-likeness (QED) is 0.893. The van der Waals surface area contributed by atoms with Crippen LogP contribution in [0.5, 0.6) is 0 Å². The van der Waals surface area contributed by atoms with E-state index >= 15 is 0 Å². The van der Waals surface area contributed by atoms with E-state index in [4.69, 9.17) is 0 Å². The van der Waals surface area contributed by atoms with Crippen molar-refractivity contribution in [2.45, 2.75) is 32.4 Å². The molecule has 2 aromatic carbocycles. The van der Waals surface area contributed by atoms with Crippen LogP contribution in [-0.2, 0) is 13.1 Å². The molecule has 1 saturated heterocycles. The van der Waals surface area contributed by atoms with Crippen LogP contribution in [0.3, 0.4) is 0 Å². The van der Waals surface area contributed by atoms with Crippen LogP contribution in [0, 0.1) is 11.6 Å². The van der Waals surface area contributed by atoms with Crippen molar-refractivity contribution in [1.82, 2.24) is 10.2 Å². The van der Waals surface area contributed by atoms with Crippen LogP contribution in [0.1, 0.15) is 40.7 Å². The topological polar surface area (TPSA) is 32.3 Å². The largest absolute Gasteiger partial charge is 0.348 e. The number of halogens is 2. The van der Waals surface area contributed by atoms with Crippen molar-refractivity contribution in [1.29, 1.82) is 0 Å². The van der Waals surface area contributed by atoms with Crippen LogP contribution in [0.15, 0.2) is 42.5 Å². The molecule has 0 aliphatic carbocycles. The summed E-state index contributed by atoms with van der Waals surface area (Å²) in [5, 5.41) is 2.70. The Hall–Kier alpha value is -2.27. The van der Waals surface area contributed by atoms with E-state index in [-0.39, 0.29) is 5.56 Å². The number of nitrogens with one attached hydrogen (secondary N) is 1. The van der Waals surface area contributed by atoms with Crippen LogP contribution in [0.4, 0.5) is 8.78 Å². The van der Waals surface area contributed by atoms with Crippen molar-refractivity contribution in [3.05, 3.63) is 70.8 Å². The number of benzene rings is 2. The number of piperidine rings is 1. The fraction of sp³-hybridized carbons (Fsp3) is 0.350. The van der Waals surface area contributed by atoms with E-state index in [0.29, 0.717) is 6.54 Å². The predicted octanol–water partition coefficient (Wildman–Crippen LogP) is 3.88. The van der Waals surface area contributed by atoms with E-state index < -0.39 is 17.5 Å². The van der Waals surface area contributed by atoms with Gasteiger partial charge in [0.05, 0.1) is 5.56 Å². The average molecular weight is 344 g/mol. The molecule has 3 nitrogen and oxygen atoms in total. The SMILES string of the molecule is O=C(NCc1ccccc1CN1CCCCC1)c1cc(F)ccc1F. The van der Waals surface area contributed by atoms with Gasteiger partial charge < -0.3 is 5.32 Å². The highest BCUT2D eigenvalue weighted by atomic mass is 19.1. The molecule has 132 valence electrons. The predicted molar refractivity (Wildman–Crippen MR) is 93.1 cm³/mol. The monoisotopic (exact) mass is 344 g/mol. The van der Waals surface area contributed by atoms with Gasteiger partial charge >= 0.3 is 0 Å². The first-order valence-corrected chi connectivity index (χ1v) is 8.66. The molecule has 0 spiro atoms. The van der Waals surface area contributed by atoms with Crippen LogP contribution in [0.2, 0.25) is 0 Å². The summed E-state index contributed by atoms with van der Waals surface area (Å²) in [6.07, 6.45) is 3.73. The highest BCUT2D eigenvalue weighted by molar-refractivity contribution is 5.94. The third-order valence-corrected chi connectivity index (χ3v) is 4.57. The molecule has 2 aromatic rings. The van der Waals surface area contributed by atoms with Gasteiger partial charge in [0.25, 0.3) is 5.91 Å². The van der Waals surface area contributed by atoms with Crippen molar-refractivity contribution < 1.29 is 13.6 Å². The van der Waals surface area contributed by atoms with Crippen LogP contribution in [0.25, 0.3) is 0 Å². The number of hydrogen-bond donors (Lipinski definition) is 1. The van der Waals surface area contributed by atoms with Gasteiger partial charge in [-0.2, -0.15) is 0 Å². The number of carbonyl (C=O) groups excluding carboxylic acids is 1. The second kappa shape index (κ2) is 8.21. The summed E-state index contributed by atoms with van der Waals surface area (Å²) in [5.74, 6) is -1.96. The molecule has 5 heteroatoms. The maximum Gasteiger partial charge on any atom is 0.254 e. The minimum absolute atomic E-state index is 0.270. The van der Waals surface area contributed by atoms with Gasteiger partial charge in [-0.25, -0.2) is 8.78 Å². The van der Waals surface area contributed by atoms with Crippen LogP contribution >= 0.6 is 0 Å². The first-order chi connectivity index (χ1) is 12.1. The zero-order chi connectivity index (χ0) is 17.6. The lowest BCUT2D eigenvalue weighted by atomic mass is 10.0. The Balaban J connectivity index is 1.66. The summed E-state index contributed by atoms with van der Waals surface area (Å²) in [7, 11) is 0. The summed E-state index contributed by atoms with van der Waals surface area (Å²) < 4.78 is 26.9. The van der Waals surface area contributed by atoms with Gasteiger partial charge in [-0.3, -0.25) is 9.69 Å². The Morgan fingerprint density at radius 2 is 1.72 bits per heavy atom. The third kappa shape index (κ3) is 4.63. The average Bonchev–Trinajstić information content (AvgIpc) is 2.63. The molecule has 0 saturated carbocycles. The minimum atomic E-state index is -0.722. The molecule has 0 atom stereocenters. The molecule has 1 aliphatic heterocycles. The molecule has 0 aromatic heterocycles. The van der Waals surface area contributed by atoms with E-state index in [1.807, 2.05) is 18.2 Å². The number of carbonyl (C=O) groups is 1. The second-order valence-corrected chi connectivity index (χ2v) is 6.41. The lowest BCUT2D eigenvalue weighted by Gasteiger charge is -2.27. The third-order valence-electron chi connectivity index (χ3n) is 4.57. The molecule has 1 heterocycles. The maximum atomic E-state index is 13.7. The summed E-state index contributed by atoms with van der Waals surface area (Å²) in [5.41, 5.74) is 1.89. The fourth-order valence-electron chi connectivity index (χ4n) is 3.18. The summed E-state index contributed by atoms with van der Waals surface area (Å²) in [6.45, 7) is 3.32. The molecule has 0 radical (unpaired) electrons.